The second kappa shape index (κ2) is 5.29. The van der Waals surface area contributed by atoms with Gasteiger partial charge in [0.25, 0.3) is 0 Å². The molecule has 0 unspecified atom stereocenters. The van der Waals surface area contributed by atoms with E-state index in [1.54, 1.807) is 6.92 Å². The van der Waals surface area contributed by atoms with Crippen LogP contribution in [-0.4, -0.2) is 5.78 Å². The molecule has 1 aromatic carbocycles. The Hall–Kier alpha value is -1.11. The molecule has 0 saturated carbocycles. The summed E-state index contributed by atoms with van der Waals surface area (Å²) in [6, 6.07) is 6.40. The van der Waals surface area contributed by atoms with E-state index >= 15 is 0 Å². The summed E-state index contributed by atoms with van der Waals surface area (Å²) in [5.74, 6) is 1.20. The van der Waals surface area contributed by atoms with Crippen LogP contribution in [0.15, 0.2) is 18.2 Å². The van der Waals surface area contributed by atoms with Crippen molar-refractivity contribution in [2.75, 3.05) is 0 Å². The van der Waals surface area contributed by atoms with Gasteiger partial charge in [-0.05, 0) is 35.4 Å². The first kappa shape index (κ1) is 13.0. The van der Waals surface area contributed by atoms with E-state index in [-0.39, 0.29) is 5.78 Å². The third kappa shape index (κ3) is 2.94. The Bertz CT molecular complexity index is 349. The molecule has 1 heteroatoms. The Labute approximate surface area is 98.9 Å². The first-order valence-corrected chi connectivity index (χ1v) is 6.04. The molecule has 0 saturated heterocycles. The first-order valence-electron chi connectivity index (χ1n) is 6.04. The number of hydrogen-bond donors (Lipinski definition) is 0. The number of rotatable bonds is 4. The molecule has 0 aliphatic carbocycles. The lowest BCUT2D eigenvalue weighted by Crippen LogP contribution is -2.07. The summed E-state index contributed by atoms with van der Waals surface area (Å²) < 4.78 is 0. The molecule has 0 aliphatic heterocycles. The van der Waals surface area contributed by atoms with Gasteiger partial charge >= 0.3 is 0 Å². The highest BCUT2D eigenvalue weighted by atomic mass is 16.1. The number of carbonyl (C=O) groups excluding carboxylic acids is 1. The van der Waals surface area contributed by atoms with Gasteiger partial charge in [-0.3, -0.25) is 4.79 Å². The van der Waals surface area contributed by atoms with Crippen LogP contribution in [0.5, 0.6) is 0 Å². The number of Topliss-reactive ketones (excluding diaryl/α,β-unsaturated/α-hetero) is 1. The van der Waals surface area contributed by atoms with Crippen LogP contribution in [0.4, 0.5) is 0 Å². The fourth-order valence-corrected chi connectivity index (χ4v) is 2.16. The molecule has 0 N–H and O–H groups in total. The Balaban J connectivity index is 3.28. The largest absolute Gasteiger partial charge is 0.300 e. The molecule has 0 atom stereocenters. The van der Waals surface area contributed by atoms with Crippen LogP contribution in [0.25, 0.3) is 0 Å². The van der Waals surface area contributed by atoms with Crippen LogP contribution in [0.3, 0.4) is 0 Å². The van der Waals surface area contributed by atoms with Crippen molar-refractivity contribution in [2.45, 2.75) is 52.9 Å². The predicted molar refractivity (Wildman–Crippen MR) is 69.0 cm³/mol. The molecule has 1 aromatic rings. The average molecular weight is 218 g/mol. The molecule has 16 heavy (non-hydrogen) atoms. The van der Waals surface area contributed by atoms with Crippen LogP contribution in [-0.2, 0) is 11.2 Å². The first-order chi connectivity index (χ1) is 7.43. The van der Waals surface area contributed by atoms with Crippen molar-refractivity contribution in [3.63, 3.8) is 0 Å². The highest BCUT2D eigenvalue weighted by molar-refractivity contribution is 5.79. The van der Waals surface area contributed by atoms with E-state index in [0.29, 0.717) is 18.3 Å². The van der Waals surface area contributed by atoms with Crippen LogP contribution in [0, 0.1) is 0 Å². The Kier molecular flexibility index (Phi) is 4.28. The molecule has 0 aromatic heterocycles. The van der Waals surface area contributed by atoms with Crippen molar-refractivity contribution in [2.24, 2.45) is 0 Å². The molecule has 0 fully saturated rings. The number of ketones is 1. The monoisotopic (exact) mass is 218 g/mol. The minimum absolute atomic E-state index is 0.245. The molecule has 0 spiro atoms. The average Bonchev–Trinajstić information content (AvgIpc) is 2.16. The van der Waals surface area contributed by atoms with Gasteiger partial charge in [0.1, 0.15) is 5.78 Å². The van der Waals surface area contributed by atoms with E-state index in [0.717, 1.165) is 0 Å². The highest BCUT2D eigenvalue weighted by Crippen LogP contribution is 2.28. The summed E-state index contributed by atoms with van der Waals surface area (Å²) in [6.45, 7) is 10.4. The lowest BCUT2D eigenvalue weighted by molar-refractivity contribution is -0.116. The van der Waals surface area contributed by atoms with E-state index < -0.39 is 0 Å². The maximum absolute atomic E-state index is 11.4. The fraction of sp³-hybridized carbons (Fsp3) is 0.533. The molecule has 0 aliphatic rings. The van der Waals surface area contributed by atoms with Crippen LogP contribution in [0.1, 0.15) is 63.1 Å². The van der Waals surface area contributed by atoms with Gasteiger partial charge in [-0.2, -0.15) is 0 Å². The molecule has 0 heterocycles. The third-order valence-electron chi connectivity index (χ3n) is 2.92. The van der Waals surface area contributed by atoms with Crippen molar-refractivity contribution in [3.8, 4) is 0 Å². The van der Waals surface area contributed by atoms with Crippen molar-refractivity contribution < 1.29 is 4.79 Å². The summed E-state index contributed by atoms with van der Waals surface area (Å²) in [4.78, 5) is 11.4. The van der Waals surface area contributed by atoms with E-state index in [1.165, 1.54) is 16.7 Å². The van der Waals surface area contributed by atoms with Gasteiger partial charge in [0.15, 0.2) is 0 Å². The normalized spacial score (nSPS) is 11.2. The maximum atomic E-state index is 11.4. The van der Waals surface area contributed by atoms with Crippen molar-refractivity contribution >= 4 is 5.78 Å². The number of carbonyl (C=O) groups is 1. The van der Waals surface area contributed by atoms with E-state index in [4.69, 9.17) is 0 Å². The lowest BCUT2D eigenvalue weighted by Gasteiger charge is -2.18. The summed E-state index contributed by atoms with van der Waals surface area (Å²) in [5.41, 5.74) is 3.89. The predicted octanol–water partition coefficient (Wildman–Crippen LogP) is 4.06. The minimum atomic E-state index is 0.245. The van der Waals surface area contributed by atoms with Gasteiger partial charge in [0, 0.05) is 6.42 Å². The zero-order valence-electron chi connectivity index (χ0n) is 11.0. The van der Waals surface area contributed by atoms with Crippen LogP contribution in [0.2, 0.25) is 0 Å². The Morgan fingerprint density at radius 2 is 1.50 bits per heavy atom. The molecular formula is C15H22O. The SMILES string of the molecule is CC(=O)Cc1c(C(C)C)cccc1C(C)C. The highest BCUT2D eigenvalue weighted by Gasteiger charge is 2.14. The Morgan fingerprint density at radius 1 is 1.06 bits per heavy atom. The smallest absolute Gasteiger partial charge is 0.134 e. The minimum Gasteiger partial charge on any atom is -0.300 e. The fourth-order valence-electron chi connectivity index (χ4n) is 2.16. The second-order valence-electron chi connectivity index (χ2n) is 5.10. The quantitative estimate of drug-likeness (QED) is 0.744. The summed E-state index contributed by atoms with van der Waals surface area (Å²) in [6.07, 6.45) is 0.571. The van der Waals surface area contributed by atoms with Crippen molar-refractivity contribution in [1.29, 1.82) is 0 Å². The number of hydrogen-bond acceptors (Lipinski definition) is 1. The molecular weight excluding hydrogens is 196 g/mol. The second-order valence-corrected chi connectivity index (χ2v) is 5.10. The Morgan fingerprint density at radius 3 is 1.81 bits per heavy atom. The zero-order valence-corrected chi connectivity index (χ0v) is 11.0. The summed E-state index contributed by atoms with van der Waals surface area (Å²) in [5, 5.41) is 0. The van der Waals surface area contributed by atoms with E-state index in [1.807, 2.05) is 0 Å². The zero-order chi connectivity index (χ0) is 12.3. The summed E-state index contributed by atoms with van der Waals surface area (Å²) >= 11 is 0. The third-order valence-corrected chi connectivity index (χ3v) is 2.92. The molecule has 1 nitrogen and oxygen atoms in total. The van der Waals surface area contributed by atoms with E-state index in [9.17, 15) is 4.79 Å². The van der Waals surface area contributed by atoms with Gasteiger partial charge in [-0.1, -0.05) is 45.9 Å². The molecule has 1 rings (SSSR count). The molecule has 0 radical (unpaired) electrons. The van der Waals surface area contributed by atoms with Gasteiger partial charge in [0.2, 0.25) is 0 Å². The van der Waals surface area contributed by atoms with Crippen molar-refractivity contribution in [1.82, 2.24) is 0 Å². The van der Waals surface area contributed by atoms with Crippen LogP contribution < -0.4 is 0 Å². The molecule has 88 valence electrons. The van der Waals surface area contributed by atoms with Gasteiger partial charge in [-0.15, -0.1) is 0 Å². The molecule has 0 bridgehead atoms. The standard InChI is InChI=1S/C15H22O/c1-10(2)13-7-6-8-14(11(3)4)15(13)9-12(5)16/h6-8,10-11H,9H2,1-5H3. The summed E-state index contributed by atoms with van der Waals surface area (Å²) in [7, 11) is 0. The van der Waals surface area contributed by atoms with Gasteiger partial charge in [-0.25, -0.2) is 0 Å². The number of benzene rings is 1. The molecule has 0 amide bonds. The lowest BCUT2D eigenvalue weighted by atomic mass is 9.86. The van der Waals surface area contributed by atoms with Crippen LogP contribution >= 0.6 is 0 Å². The van der Waals surface area contributed by atoms with Gasteiger partial charge < -0.3 is 0 Å². The van der Waals surface area contributed by atoms with Gasteiger partial charge in [0.05, 0.1) is 0 Å². The van der Waals surface area contributed by atoms with E-state index in [2.05, 4.69) is 45.9 Å². The van der Waals surface area contributed by atoms with Crippen molar-refractivity contribution in [3.05, 3.63) is 34.9 Å². The topological polar surface area (TPSA) is 17.1 Å². The maximum Gasteiger partial charge on any atom is 0.134 e.